The van der Waals surface area contributed by atoms with E-state index in [1.807, 2.05) is 0 Å². The second-order valence-corrected chi connectivity index (χ2v) is 6.20. The fourth-order valence-corrected chi connectivity index (χ4v) is 2.69. The Morgan fingerprint density at radius 1 is 1.20 bits per heavy atom. The molecule has 0 amide bonds. The monoisotopic (exact) mass is 312 g/mol. The highest BCUT2D eigenvalue weighted by Gasteiger charge is 2.15. The van der Waals surface area contributed by atoms with E-state index in [0.717, 1.165) is 0 Å². The summed E-state index contributed by atoms with van der Waals surface area (Å²) in [4.78, 5) is 3.81. The minimum atomic E-state index is -3.70. The normalized spacial score (nSPS) is 11.5. The van der Waals surface area contributed by atoms with Gasteiger partial charge in [-0.15, -0.1) is 0 Å². The Bertz CT molecular complexity index is 687. The van der Waals surface area contributed by atoms with Crippen LogP contribution in [0, 0.1) is 0 Å². The molecule has 2 N–H and O–H groups in total. The van der Waals surface area contributed by atoms with Crippen molar-refractivity contribution in [2.45, 2.75) is 18.2 Å². The first kappa shape index (κ1) is 14.9. The number of halogens is 1. The Hall–Kier alpha value is -1.47. The molecule has 0 bridgehead atoms. The molecule has 0 atom stereocenters. The van der Waals surface area contributed by atoms with E-state index in [-0.39, 0.29) is 18.2 Å². The Balaban J connectivity index is 2.13. The van der Waals surface area contributed by atoms with Gasteiger partial charge in [0.1, 0.15) is 0 Å². The molecule has 5 nitrogen and oxygen atoms in total. The third-order valence-corrected chi connectivity index (χ3v) is 4.35. The topological polar surface area (TPSA) is 79.3 Å². The Morgan fingerprint density at radius 2 is 1.95 bits per heavy atom. The summed E-state index contributed by atoms with van der Waals surface area (Å²) in [5.41, 5.74) is 1.24. The molecule has 1 heterocycles. The molecule has 0 aliphatic carbocycles. The highest BCUT2D eigenvalue weighted by molar-refractivity contribution is 7.89. The van der Waals surface area contributed by atoms with Crippen LogP contribution in [0.15, 0.2) is 47.6 Å². The smallest absolute Gasteiger partial charge is 0.258 e. The second kappa shape index (κ2) is 6.32. The van der Waals surface area contributed by atoms with Gasteiger partial charge < -0.3 is 5.11 Å². The number of benzene rings is 1. The second-order valence-electron chi connectivity index (χ2n) is 4.08. The summed E-state index contributed by atoms with van der Waals surface area (Å²) in [6.45, 7) is -0.0915. The summed E-state index contributed by atoms with van der Waals surface area (Å²) >= 11 is 5.96. The van der Waals surface area contributed by atoms with Crippen molar-refractivity contribution >= 4 is 21.6 Å². The summed E-state index contributed by atoms with van der Waals surface area (Å²) in [6.07, 6.45) is 1.32. The van der Waals surface area contributed by atoms with Gasteiger partial charge in [-0.1, -0.05) is 35.9 Å². The molecule has 0 spiro atoms. The lowest BCUT2D eigenvalue weighted by atomic mass is 10.2. The summed E-state index contributed by atoms with van der Waals surface area (Å²) in [7, 11) is -3.70. The van der Waals surface area contributed by atoms with Gasteiger partial charge in [-0.05, 0) is 23.3 Å². The highest BCUT2D eigenvalue weighted by atomic mass is 35.5. The Labute approximate surface area is 122 Å². The first-order chi connectivity index (χ1) is 9.53. The van der Waals surface area contributed by atoms with E-state index >= 15 is 0 Å². The molecule has 7 heteroatoms. The van der Waals surface area contributed by atoms with Crippen LogP contribution in [0.4, 0.5) is 0 Å². The average molecular weight is 313 g/mol. The van der Waals surface area contributed by atoms with Crippen LogP contribution in [-0.2, 0) is 23.2 Å². The van der Waals surface area contributed by atoms with Crippen LogP contribution in [0.5, 0.6) is 0 Å². The molecular weight excluding hydrogens is 300 g/mol. The molecule has 0 unspecified atom stereocenters. The van der Waals surface area contributed by atoms with Crippen LogP contribution >= 0.6 is 11.6 Å². The molecule has 106 valence electrons. The number of aliphatic hydroxyl groups excluding tert-OH is 1. The van der Waals surface area contributed by atoms with Gasteiger partial charge in [-0.2, -0.15) is 0 Å². The Morgan fingerprint density at radius 3 is 2.55 bits per heavy atom. The maximum Gasteiger partial charge on any atom is 0.258 e. The number of rotatable bonds is 5. The number of hydrogen-bond donors (Lipinski definition) is 2. The molecule has 1 aromatic heterocycles. The fraction of sp³-hybridized carbons (Fsp3) is 0.154. The molecule has 2 rings (SSSR count). The van der Waals surface area contributed by atoms with E-state index < -0.39 is 10.0 Å². The van der Waals surface area contributed by atoms with Crippen molar-refractivity contribution in [2.24, 2.45) is 0 Å². The lowest BCUT2D eigenvalue weighted by Gasteiger charge is -2.07. The largest absolute Gasteiger partial charge is 0.392 e. The zero-order valence-electron chi connectivity index (χ0n) is 10.5. The zero-order valence-corrected chi connectivity index (χ0v) is 12.0. The van der Waals surface area contributed by atoms with Crippen molar-refractivity contribution < 1.29 is 13.5 Å². The zero-order chi connectivity index (χ0) is 14.6. The van der Waals surface area contributed by atoms with E-state index in [1.54, 1.807) is 24.3 Å². The number of aliphatic hydroxyl groups is 1. The number of hydrogen-bond acceptors (Lipinski definition) is 4. The summed E-state index contributed by atoms with van der Waals surface area (Å²) < 4.78 is 26.5. The van der Waals surface area contributed by atoms with E-state index in [9.17, 15) is 8.42 Å². The van der Waals surface area contributed by atoms with Gasteiger partial charge >= 0.3 is 0 Å². The van der Waals surface area contributed by atoms with Gasteiger partial charge in [0.15, 0.2) is 5.03 Å². The number of pyridine rings is 1. The minimum Gasteiger partial charge on any atom is -0.392 e. The predicted octanol–water partition coefficient (Wildman–Crippen LogP) is 1.71. The first-order valence-electron chi connectivity index (χ1n) is 5.82. The van der Waals surface area contributed by atoms with Crippen LogP contribution in [0.3, 0.4) is 0 Å². The van der Waals surface area contributed by atoms with Crippen LogP contribution in [0.25, 0.3) is 0 Å². The van der Waals surface area contributed by atoms with Gasteiger partial charge in [0.05, 0.1) is 6.61 Å². The lowest BCUT2D eigenvalue weighted by molar-refractivity contribution is 0.281. The van der Waals surface area contributed by atoms with Crippen molar-refractivity contribution in [3.63, 3.8) is 0 Å². The standard InChI is InChI=1S/C13H13ClN2O3S/c14-12-4-2-1-3-11(12)8-16-20(18,19)13-6-5-10(9-17)7-15-13/h1-7,16-17H,8-9H2. The third kappa shape index (κ3) is 3.55. The van der Waals surface area contributed by atoms with Crippen molar-refractivity contribution in [1.82, 2.24) is 9.71 Å². The van der Waals surface area contributed by atoms with E-state index in [2.05, 4.69) is 9.71 Å². The molecule has 0 radical (unpaired) electrons. The maximum absolute atomic E-state index is 12.0. The van der Waals surface area contributed by atoms with Crippen LogP contribution < -0.4 is 4.72 Å². The average Bonchev–Trinajstić information content (AvgIpc) is 2.46. The molecule has 0 fully saturated rings. The van der Waals surface area contributed by atoms with Crippen LogP contribution in [-0.4, -0.2) is 18.5 Å². The maximum atomic E-state index is 12.0. The number of nitrogens with zero attached hydrogens (tertiary/aromatic N) is 1. The molecule has 0 aliphatic rings. The van der Waals surface area contributed by atoms with E-state index in [4.69, 9.17) is 16.7 Å². The predicted molar refractivity (Wildman–Crippen MR) is 75.6 cm³/mol. The highest BCUT2D eigenvalue weighted by Crippen LogP contribution is 2.15. The third-order valence-electron chi connectivity index (χ3n) is 2.67. The van der Waals surface area contributed by atoms with Gasteiger partial charge in [0.25, 0.3) is 10.0 Å². The minimum absolute atomic E-state index is 0.0887. The number of aromatic nitrogens is 1. The van der Waals surface area contributed by atoms with Crippen molar-refractivity contribution in [1.29, 1.82) is 0 Å². The van der Waals surface area contributed by atoms with Gasteiger partial charge in [0, 0.05) is 17.8 Å². The van der Waals surface area contributed by atoms with Gasteiger partial charge in [0.2, 0.25) is 0 Å². The summed E-state index contributed by atoms with van der Waals surface area (Å²) in [5.74, 6) is 0. The van der Waals surface area contributed by atoms with Crippen molar-refractivity contribution in [3.8, 4) is 0 Å². The van der Waals surface area contributed by atoms with Crippen LogP contribution in [0.2, 0.25) is 5.02 Å². The lowest BCUT2D eigenvalue weighted by Crippen LogP contribution is -2.24. The van der Waals surface area contributed by atoms with Crippen molar-refractivity contribution in [2.75, 3.05) is 0 Å². The molecule has 0 aliphatic heterocycles. The fourth-order valence-electron chi connectivity index (χ4n) is 1.55. The first-order valence-corrected chi connectivity index (χ1v) is 7.68. The Kier molecular flexibility index (Phi) is 4.72. The van der Waals surface area contributed by atoms with E-state index in [0.29, 0.717) is 16.1 Å². The van der Waals surface area contributed by atoms with E-state index in [1.165, 1.54) is 18.3 Å². The van der Waals surface area contributed by atoms with Crippen molar-refractivity contribution in [3.05, 3.63) is 58.7 Å². The SMILES string of the molecule is O=S(=O)(NCc1ccccc1Cl)c1ccc(CO)cn1. The molecular formula is C13H13ClN2O3S. The molecule has 2 aromatic rings. The van der Waals surface area contributed by atoms with Crippen LogP contribution in [0.1, 0.15) is 11.1 Å². The molecule has 20 heavy (non-hydrogen) atoms. The van der Waals surface area contributed by atoms with Gasteiger partial charge in [-0.3, -0.25) is 0 Å². The molecule has 0 saturated carbocycles. The summed E-state index contributed by atoms with van der Waals surface area (Å²) in [6, 6.07) is 9.85. The number of nitrogens with one attached hydrogen (secondary N) is 1. The summed E-state index contributed by atoms with van der Waals surface area (Å²) in [5, 5.41) is 9.30. The van der Waals surface area contributed by atoms with Gasteiger partial charge in [-0.25, -0.2) is 18.1 Å². The molecule has 0 saturated heterocycles. The quantitative estimate of drug-likeness (QED) is 0.881. The number of sulfonamides is 1. The molecule has 1 aromatic carbocycles.